The normalized spacial score (nSPS) is 18.3. The van der Waals surface area contributed by atoms with Gasteiger partial charge in [0.05, 0.1) is 12.1 Å². The molecule has 9 heavy (non-hydrogen) atoms. The maximum atomic E-state index is 4.98. The molecule has 3 heteroatoms. The van der Waals surface area contributed by atoms with Crippen LogP contribution in [-0.4, -0.2) is 12.1 Å². The first-order valence-electron chi connectivity index (χ1n) is 2.85. The Morgan fingerprint density at radius 3 is 2.89 bits per heavy atom. The Morgan fingerprint density at radius 1 is 1.67 bits per heavy atom. The topological polar surface area (TPSA) is 21.3 Å². The predicted molar refractivity (Wildman–Crippen MR) is 40.1 cm³/mol. The number of allylic oxidation sites excluding steroid dienone is 1. The highest BCUT2D eigenvalue weighted by Crippen LogP contribution is 2.09. The number of rotatable bonds is 1. The van der Waals surface area contributed by atoms with E-state index in [-0.39, 0.29) is 0 Å². The van der Waals surface area contributed by atoms with E-state index in [2.05, 4.69) is 5.32 Å². The maximum Gasteiger partial charge on any atom is 0.112 e. The van der Waals surface area contributed by atoms with Crippen LogP contribution in [0.15, 0.2) is 12.0 Å². The molecular formula is C6H9NOS. The van der Waals surface area contributed by atoms with Crippen molar-refractivity contribution in [3.63, 3.8) is 0 Å². The molecule has 2 nitrogen and oxygen atoms in total. The van der Waals surface area contributed by atoms with Crippen LogP contribution in [0.25, 0.3) is 0 Å². The van der Waals surface area contributed by atoms with Crippen LogP contribution < -0.4 is 5.32 Å². The minimum Gasteiger partial charge on any atom is -0.500 e. The van der Waals surface area contributed by atoms with Gasteiger partial charge in [-0.15, -0.1) is 0 Å². The molecule has 0 bridgehead atoms. The van der Waals surface area contributed by atoms with Gasteiger partial charge < -0.3 is 10.1 Å². The molecule has 0 radical (unpaired) electrons. The Labute approximate surface area is 59.9 Å². The summed E-state index contributed by atoms with van der Waals surface area (Å²) >= 11 is 4.90. The third-order valence-corrected chi connectivity index (χ3v) is 1.58. The van der Waals surface area contributed by atoms with Crippen molar-refractivity contribution in [3.05, 3.63) is 12.0 Å². The molecular weight excluding hydrogens is 134 g/mol. The summed E-state index contributed by atoms with van der Waals surface area (Å²) < 4.78 is 4.98. The molecule has 0 saturated heterocycles. The number of nitrogens with one attached hydrogen (secondary N) is 1. The first-order chi connectivity index (χ1) is 4.33. The molecule has 1 aliphatic rings. The van der Waals surface area contributed by atoms with E-state index >= 15 is 0 Å². The Morgan fingerprint density at radius 2 is 2.44 bits per heavy atom. The van der Waals surface area contributed by atoms with E-state index in [1.165, 1.54) is 0 Å². The summed E-state index contributed by atoms with van der Waals surface area (Å²) in [7, 11) is 1.67. The lowest BCUT2D eigenvalue weighted by molar-refractivity contribution is 0.274. The van der Waals surface area contributed by atoms with Gasteiger partial charge in [0.15, 0.2) is 0 Å². The van der Waals surface area contributed by atoms with Gasteiger partial charge in [-0.3, -0.25) is 0 Å². The van der Waals surface area contributed by atoms with Gasteiger partial charge in [0, 0.05) is 19.0 Å². The smallest absolute Gasteiger partial charge is 0.112 e. The second-order valence-electron chi connectivity index (χ2n) is 1.88. The van der Waals surface area contributed by atoms with E-state index in [0.717, 1.165) is 23.6 Å². The molecule has 0 unspecified atom stereocenters. The zero-order valence-corrected chi connectivity index (χ0v) is 6.12. The second-order valence-corrected chi connectivity index (χ2v) is 2.38. The number of ether oxygens (including phenoxy) is 1. The van der Waals surface area contributed by atoms with Crippen LogP contribution in [0, 0.1) is 0 Å². The summed E-state index contributed by atoms with van der Waals surface area (Å²) in [5.41, 5.74) is 0. The highest BCUT2D eigenvalue weighted by Gasteiger charge is 2.05. The van der Waals surface area contributed by atoms with Crippen molar-refractivity contribution in [2.75, 3.05) is 7.11 Å². The lowest BCUT2D eigenvalue weighted by Gasteiger charge is -2.12. The molecule has 50 valence electrons. The summed E-state index contributed by atoms with van der Waals surface area (Å²) in [6.07, 6.45) is 3.66. The van der Waals surface area contributed by atoms with Crippen LogP contribution in [0.1, 0.15) is 12.8 Å². The van der Waals surface area contributed by atoms with E-state index in [1.807, 2.05) is 6.20 Å². The monoisotopic (exact) mass is 143 g/mol. The van der Waals surface area contributed by atoms with Crippen molar-refractivity contribution in [2.24, 2.45) is 0 Å². The molecule has 0 aromatic rings. The molecule has 1 N–H and O–H groups in total. The van der Waals surface area contributed by atoms with Gasteiger partial charge in [-0.2, -0.15) is 0 Å². The Kier molecular flexibility index (Phi) is 2.05. The summed E-state index contributed by atoms with van der Waals surface area (Å²) in [6.45, 7) is 0. The van der Waals surface area contributed by atoms with Crippen molar-refractivity contribution in [2.45, 2.75) is 12.8 Å². The third kappa shape index (κ3) is 1.68. The highest BCUT2D eigenvalue weighted by molar-refractivity contribution is 7.80. The molecule has 0 fully saturated rings. The van der Waals surface area contributed by atoms with E-state index < -0.39 is 0 Å². The lowest BCUT2D eigenvalue weighted by Crippen LogP contribution is -2.20. The van der Waals surface area contributed by atoms with E-state index in [4.69, 9.17) is 17.0 Å². The fourth-order valence-electron chi connectivity index (χ4n) is 0.703. The van der Waals surface area contributed by atoms with Crippen LogP contribution in [0.5, 0.6) is 0 Å². The first-order valence-corrected chi connectivity index (χ1v) is 3.26. The van der Waals surface area contributed by atoms with Crippen molar-refractivity contribution < 1.29 is 4.74 Å². The molecule has 0 aromatic carbocycles. The third-order valence-electron chi connectivity index (χ3n) is 1.25. The Bertz CT molecular complexity index is 153. The summed E-state index contributed by atoms with van der Waals surface area (Å²) in [4.78, 5) is 0.899. The highest BCUT2D eigenvalue weighted by atomic mass is 32.1. The maximum absolute atomic E-state index is 4.98. The van der Waals surface area contributed by atoms with Crippen molar-refractivity contribution in [1.82, 2.24) is 5.32 Å². The zero-order chi connectivity index (χ0) is 6.69. The van der Waals surface area contributed by atoms with Crippen molar-refractivity contribution in [1.29, 1.82) is 0 Å². The summed E-state index contributed by atoms with van der Waals surface area (Å²) in [6, 6.07) is 0. The fraction of sp³-hybridized carbons (Fsp3) is 0.500. The molecule has 0 spiro atoms. The largest absolute Gasteiger partial charge is 0.500 e. The van der Waals surface area contributed by atoms with E-state index in [0.29, 0.717) is 0 Å². The predicted octanol–water partition coefficient (Wildman–Crippen LogP) is 1.19. The van der Waals surface area contributed by atoms with E-state index in [1.54, 1.807) is 7.11 Å². The number of hydrogen-bond acceptors (Lipinski definition) is 2. The van der Waals surface area contributed by atoms with Gasteiger partial charge in [0.25, 0.3) is 0 Å². The van der Waals surface area contributed by atoms with Crippen molar-refractivity contribution >= 4 is 17.2 Å². The van der Waals surface area contributed by atoms with E-state index in [9.17, 15) is 0 Å². The van der Waals surface area contributed by atoms with Crippen LogP contribution >= 0.6 is 12.2 Å². The molecule has 1 heterocycles. The minimum absolute atomic E-state index is 0.899. The zero-order valence-electron chi connectivity index (χ0n) is 5.31. The van der Waals surface area contributed by atoms with Gasteiger partial charge in [0.1, 0.15) is 5.76 Å². The van der Waals surface area contributed by atoms with Crippen LogP contribution in [0.4, 0.5) is 0 Å². The average molecular weight is 143 g/mol. The number of thiocarbonyl (C=S) groups is 1. The Hall–Kier alpha value is -0.570. The van der Waals surface area contributed by atoms with Gasteiger partial charge >= 0.3 is 0 Å². The first kappa shape index (κ1) is 6.55. The molecule has 1 aliphatic heterocycles. The molecule has 0 aromatic heterocycles. The summed E-state index contributed by atoms with van der Waals surface area (Å²) in [5, 5.41) is 2.93. The number of methoxy groups -OCH3 is 1. The lowest BCUT2D eigenvalue weighted by atomic mass is 10.2. The van der Waals surface area contributed by atoms with Gasteiger partial charge in [0.2, 0.25) is 0 Å². The fourth-order valence-corrected chi connectivity index (χ4v) is 0.864. The molecule has 0 saturated carbocycles. The van der Waals surface area contributed by atoms with Crippen molar-refractivity contribution in [3.8, 4) is 0 Å². The average Bonchev–Trinajstić information content (AvgIpc) is 1.90. The summed E-state index contributed by atoms with van der Waals surface area (Å²) in [5.74, 6) is 0.976. The standard InChI is InChI=1S/C6H9NOS/c1-8-5-2-3-6(9)7-4-5/h4H,2-3H2,1H3,(H,7,9). The van der Waals surface area contributed by atoms with Gasteiger partial charge in [-0.1, -0.05) is 12.2 Å². The molecule has 0 atom stereocenters. The SMILES string of the molecule is COC1=CNC(=S)CC1. The molecule has 0 amide bonds. The van der Waals surface area contributed by atoms with Crippen LogP contribution in [0.3, 0.4) is 0 Å². The van der Waals surface area contributed by atoms with Gasteiger partial charge in [-0.05, 0) is 0 Å². The van der Waals surface area contributed by atoms with Crippen LogP contribution in [0.2, 0.25) is 0 Å². The molecule has 0 aliphatic carbocycles. The van der Waals surface area contributed by atoms with Gasteiger partial charge in [-0.25, -0.2) is 0 Å². The quantitative estimate of drug-likeness (QED) is 0.557. The second kappa shape index (κ2) is 2.82. The molecule has 1 rings (SSSR count). The number of hydrogen-bond donors (Lipinski definition) is 1. The minimum atomic E-state index is 0.899. The Balaban J connectivity index is 2.50. The van der Waals surface area contributed by atoms with Crippen LogP contribution in [-0.2, 0) is 4.74 Å².